The van der Waals surface area contributed by atoms with Crippen LogP contribution in [-0.4, -0.2) is 34.6 Å². The molecule has 0 bridgehead atoms. The number of carbonyl (C=O) groups excluding carboxylic acids is 1. The van der Waals surface area contributed by atoms with E-state index in [1.807, 2.05) is 6.92 Å². The number of hydrogen-bond donors (Lipinski definition) is 3. The van der Waals surface area contributed by atoms with Crippen molar-refractivity contribution in [3.63, 3.8) is 0 Å². The number of Topliss-reactive ketones (excluding diaryl/α,β-unsaturated/α-hetero) is 1. The van der Waals surface area contributed by atoms with Gasteiger partial charge in [-0.25, -0.2) is 4.79 Å². The fraction of sp³-hybridized carbons (Fsp3) is 0.727. The molecule has 1 atom stereocenters. The number of carbonyl (C=O) groups is 2. The van der Waals surface area contributed by atoms with Crippen molar-refractivity contribution in [2.45, 2.75) is 40.2 Å². The van der Waals surface area contributed by atoms with Crippen molar-refractivity contribution in [1.82, 2.24) is 10.6 Å². The Balaban J connectivity index is 4.51. The van der Waals surface area contributed by atoms with Crippen LogP contribution in [0, 0.1) is 5.41 Å². The minimum atomic E-state index is -1.08. The summed E-state index contributed by atoms with van der Waals surface area (Å²) in [6.45, 7) is 7.74. The lowest BCUT2D eigenvalue weighted by Crippen LogP contribution is -2.47. The zero-order valence-corrected chi connectivity index (χ0v) is 11.5. The normalized spacial score (nSPS) is 12.7. The first kappa shape index (κ1) is 15.8. The van der Waals surface area contributed by atoms with Crippen molar-refractivity contribution >= 4 is 29.1 Å². The summed E-state index contributed by atoms with van der Waals surface area (Å²) >= 11 is 4.90. The number of aliphatic carboxylic acids is 1. The van der Waals surface area contributed by atoms with Crippen LogP contribution in [0.15, 0.2) is 0 Å². The van der Waals surface area contributed by atoms with Gasteiger partial charge in [-0.15, -0.1) is 0 Å². The molecular formula is C11H20N2O3S. The number of thiocarbonyl (C=S) groups is 1. The average Bonchev–Trinajstić information content (AvgIpc) is 2.15. The van der Waals surface area contributed by atoms with Gasteiger partial charge in [0.1, 0.15) is 11.8 Å². The Morgan fingerprint density at radius 3 is 2.24 bits per heavy atom. The fourth-order valence-corrected chi connectivity index (χ4v) is 1.35. The van der Waals surface area contributed by atoms with Crippen LogP contribution < -0.4 is 10.6 Å². The minimum absolute atomic E-state index is 0.0790. The molecule has 6 heteroatoms. The highest BCUT2D eigenvalue weighted by Gasteiger charge is 2.28. The van der Waals surface area contributed by atoms with Crippen LogP contribution in [0.5, 0.6) is 0 Å². The van der Waals surface area contributed by atoms with Crippen molar-refractivity contribution in [1.29, 1.82) is 0 Å². The number of ketones is 1. The largest absolute Gasteiger partial charge is 0.480 e. The lowest BCUT2D eigenvalue weighted by atomic mass is 9.87. The molecule has 0 aromatic rings. The van der Waals surface area contributed by atoms with E-state index in [4.69, 9.17) is 17.3 Å². The smallest absolute Gasteiger partial charge is 0.326 e. The molecule has 3 N–H and O–H groups in total. The number of hydrogen-bond acceptors (Lipinski definition) is 3. The Morgan fingerprint density at radius 1 is 1.35 bits per heavy atom. The molecule has 0 heterocycles. The molecule has 0 rings (SSSR count). The summed E-state index contributed by atoms with van der Waals surface area (Å²) in [4.78, 5) is 22.8. The summed E-state index contributed by atoms with van der Waals surface area (Å²) in [5.74, 6) is -1.19. The Labute approximate surface area is 107 Å². The highest BCUT2D eigenvalue weighted by atomic mass is 32.1. The van der Waals surface area contributed by atoms with Crippen molar-refractivity contribution in [2.24, 2.45) is 5.41 Å². The van der Waals surface area contributed by atoms with E-state index in [0.29, 0.717) is 6.54 Å². The molecule has 0 aliphatic rings. The van der Waals surface area contributed by atoms with Crippen molar-refractivity contribution in [2.75, 3.05) is 6.54 Å². The lowest BCUT2D eigenvalue weighted by molar-refractivity contribution is -0.141. The van der Waals surface area contributed by atoms with Gasteiger partial charge >= 0.3 is 5.97 Å². The Kier molecular flexibility index (Phi) is 6.09. The molecule has 1 unspecified atom stereocenters. The van der Waals surface area contributed by atoms with Gasteiger partial charge in [0, 0.05) is 18.4 Å². The van der Waals surface area contributed by atoms with E-state index < -0.39 is 17.4 Å². The molecular weight excluding hydrogens is 240 g/mol. The third-order valence-corrected chi connectivity index (χ3v) is 2.43. The van der Waals surface area contributed by atoms with Gasteiger partial charge in [-0.05, 0) is 19.1 Å². The van der Waals surface area contributed by atoms with E-state index in [0.717, 1.165) is 0 Å². The molecule has 0 aliphatic heterocycles. The second-order valence-corrected chi connectivity index (χ2v) is 5.18. The first-order chi connectivity index (χ1) is 7.68. The summed E-state index contributed by atoms with van der Waals surface area (Å²) in [6.07, 6.45) is -0.0790. The second-order valence-electron chi connectivity index (χ2n) is 4.77. The topological polar surface area (TPSA) is 78.4 Å². The van der Waals surface area contributed by atoms with Gasteiger partial charge in [-0.2, -0.15) is 0 Å². The maximum absolute atomic E-state index is 11.8. The Hall–Kier alpha value is -1.17. The zero-order chi connectivity index (χ0) is 13.6. The molecule has 0 saturated carbocycles. The molecule has 98 valence electrons. The van der Waals surface area contributed by atoms with Gasteiger partial charge in [-0.3, -0.25) is 4.79 Å². The van der Waals surface area contributed by atoms with Crippen LogP contribution in [0.3, 0.4) is 0 Å². The van der Waals surface area contributed by atoms with Crippen molar-refractivity contribution in [3.05, 3.63) is 0 Å². The number of carboxylic acids is 1. The quantitative estimate of drug-likeness (QED) is 0.638. The molecule has 5 nitrogen and oxygen atoms in total. The van der Waals surface area contributed by atoms with E-state index in [2.05, 4.69) is 10.6 Å². The van der Waals surface area contributed by atoms with Gasteiger partial charge in [0.05, 0.1) is 0 Å². The van der Waals surface area contributed by atoms with Crippen LogP contribution in [0.25, 0.3) is 0 Å². The third kappa shape index (κ3) is 6.21. The molecule has 0 amide bonds. The summed E-state index contributed by atoms with van der Waals surface area (Å²) < 4.78 is 0. The van der Waals surface area contributed by atoms with Crippen LogP contribution in [0.1, 0.15) is 34.1 Å². The Morgan fingerprint density at radius 2 is 1.88 bits per heavy atom. The number of rotatable bonds is 5. The first-order valence-electron chi connectivity index (χ1n) is 5.49. The van der Waals surface area contributed by atoms with Gasteiger partial charge in [0.15, 0.2) is 5.11 Å². The van der Waals surface area contributed by atoms with Crippen molar-refractivity contribution in [3.8, 4) is 0 Å². The van der Waals surface area contributed by atoms with E-state index >= 15 is 0 Å². The van der Waals surface area contributed by atoms with Gasteiger partial charge in [0.25, 0.3) is 0 Å². The predicted molar refractivity (Wildman–Crippen MR) is 69.9 cm³/mol. The molecule has 0 aliphatic carbocycles. The Bertz CT molecular complexity index is 310. The maximum atomic E-state index is 11.8. The molecule has 0 aromatic carbocycles. The van der Waals surface area contributed by atoms with E-state index in [-0.39, 0.29) is 17.3 Å². The molecule has 0 aromatic heterocycles. The molecule has 17 heavy (non-hydrogen) atoms. The average molecular weight is 260 g/mol. The van der Waals surface area contributed by atoms with E-state index in [9.17, 15) is 9.59 Å². The number of nitrogens with one attached hydrogen (secondary N) is 2. The summed E-state index contributed by atoms with van der Waals surface area (Å²) in [7, 11) is 0. The summed E-state index contributed by atoms with van der Waals surface area (Å²) in [5, 5.41) is 14.7. The predicted octanol–water partition coefficient (Wildman–Crippen LogP) is 0.929. The molecule has 0 fully saturated rings. The minimum Gasteiger partial charge on any atom is -0.480 e. The monoisotopic (exact) mass is 260 g/mol. The fourth-order valence-electron chi connectivity index (χ4n) is 1.06. The van der Waals surface area contributed by atoms with Crippen molar-refractivity contribution < 1.29 is 14.7 Å². The lowest BCUT2D eigenvalue weighted by Gasteiger charge is -2.21. The standard InChI is InChI=1S/C11H20N2O3S/c1-5-12-10(17)13-7(9(15)16)6-8(14)11(2,3)4/h7H,5-6H2,1-4H3,(H,15,16)(H2,12,13,17). The first-order valence-corrected chi connectivity index (χ1v) is 5.89. The van der Waals surface area contributed by atoms with Crippen LogP contribution in [0.4, 0.5) is 0 Å². The third-order valence-electron chi connectivity index (χ3n) is 2.17. The van der Waals surface area contributed by atoms with Gasteiger partial charge in [-0.1, -0.05) is 20.8 Å². The molecule has 0 radical (unpaired) electrons. The van der Waals surface area contributed by atoms with Gasteiger partial charge in [0.2, 0.25) is 0 Å². The second kappa shape index (κ2) is 6.54. The molecule has 0 spiro atoms. The van der Waals surface area contributed by atoms with Gasteiger partial charge < -0.3 is 15.7 Å². The highest BCUT2D eigenvalue weighted by Crippen LogP contribution is 2.17. The van der Waals surface area contributed by atoms with E-state index in [1.54, 1.807) is 20.8 Å². The van der Waals surface area contributed by atoms with Crippen LogP contribution >= 0.6 is 12.2 Å². The zero-order valence-electron chi connectivity index (χ0n) is 10.7. The van der Waals surface area contributed by atoms with Crippen LogP contribution in [-0.2, 0) is 9.59 Å². The highest BCUT2D eigenvalue weighted by molar-refractivity contribution is 7.80. The molecule has 0 saturated heterocycles. The van der Waals surface area contributed by atoms with Crippen LogP contribution in [0.2, 0.25) is 0 Å². The SMILES string of the molecule is CCNC(=S)NC(CC(=O)C(C)(C)C)C(=O)O. The summed E-state index contributed by atoms with van der Waals surface area (Å²) in [5.41, 5.74) is -0.546. The van der Waals surface area contributed by atoms with E-state index in [1.165, 1.54) is 0 Å². The maximum Gasteiger partial charge on any atom is 0.326 e. The summed E-state index contributed by atoms with van der Waals surface area (Å²) in [6, 6.07) is -0.978. The number of carboxylic acid groups (broad SMARTS) is 1.